The van der Waals surface area contributed by atoms with E-state index in [2.05, 4.69) is 20.7 Å². The second-order valence-corrected chi connectivity index (χ2v) is 3.23. The topological polar surface area (TPSA) is 97.0 Å². The summed E-state index contributed by atoms with van der Waals surface area (Å²) in [5.74, 6) is -0.456. The molecule has 0 saturated heterocycles. The first-order valence-electron chi connectivity index (χ1n) is 4.96. The highest BCUT2D eigenvalue weighted by Crippen LogP contribution is 2.11. The molecule has 0 spiro atoms. The number of esters is 1. The van der Waals surface area contributed by atoms with Gasteiger partial charge in [0.15, 0.2) is 0 Å². The van der Waals surface area contributed by atoms with Crippen molar-refractivity contribution in [1.82, 2.24) is 20.7 Å². The van der Waals surface area contributed by atoms with Crippen LogP contribution in [0.1, 0.15) is 10.4 Å². The Balaban J connectivity index is 2.00. The van der Waals surface area contributed by atoms with Crippen molar-refractivity contribution in [1.29, 1.82) is 0 Å². The number of carbonyl (C=O) groups excluding carboxylic acids is 2. The van der Waals surface area contributed by atoms with Gasteiger partial charge in [0.1, 0.15) is 17.6 Å². The molecule has 0 atom stereocenters. The molecule has 2 aromatic rings. The van der Waals surface area contributed by atoms with Crippen LogP contribution in [0.4, 0.5) is 0 Å². The maximum Gasteiger partial charge on any atom is 0.338 e. The van der Waals surface area contributed by atoms with Crippen molar-refractivity contribution >= 4 is 23.4 Å². The Kier molecular flexibility index (Phi) is 3.29. The Morgan fingerprint density at radius 3 is 3.06 bits per heavy atom. The first-order valence-corrected chi connectivity index (χ1v) is 4.96. The molecule has 0 unspecified atom stereocenters. The van der Waals surface area contributed by atoms with Gasteiger partial charge < -0.3 is 10.1 Å². The zero-order chi connectivity index (χ0) is 12.1. The number of hydrogen-bond donors (Lipinski definition) is 2. The smallest absolute Gasteiger partial charge is 0.338 e. The standard InChI is InChI=1S/C10H10N4O3/c15-6-11-3-4-17-10(16)7-1-2-8-9(5-7)13-14-12-8/h1-2,5-6H,3-4H2,(H,11,15)(H,12,13,14). The summed E-state index contributed by atoms with van der Waals surface area (Å²) >= 11 is 0. The third kappa shape index (κ3) is 2.57. The molecule has 0 fully saturated rings. The van der Waals surface area contributed by atoms with Gasteiger partial charge in [-0.15, -0.1) is 0 Å². The van der Waals surface area contributed by atoms with Crippen LogP contribution in [0.2, 0.25) is 0 Å². The summed E-state index contributed by atoms with van der Waals surface area (Å²) in [5.41, 5.74) is 1.69. The van der Waals surface area contributed by atoms with Gasteiger partial charge in [0, 0.05) is 0 Å². The molecule has 0 bridgehead atoms. The van der Waals surface area contributed by atoms with Crippen molar-refractivity contribution in [2.75, 3.05) is 13.2 Å². The summed E-state index contributed by atoms with van der Waals surface area (Å²) in [5, 5.41) is 12.6. The molecule has 17 heavy (non-hydrogen) atoms. The normalized spacial score (nSPS) is 10.1. The van der Waals surface area contributed by atoms with Crippen LogP contribution in [-0.2, 0) is 9.53 Å². The van der Waals surface area contributed by atoms with Crippen LogP contribution >= 0.6 is 0 Å². The summed E-state index contributed by atoms with van der Waals surface area (Å²) in [6.45, 7) is 0.426. The minimum absolute atomic E-state index is 0.133. The molecule has 7 heteroatoms. The van der Waals surface area contributed by atoms with Crippen molar-refractivity contribution in [3.8, 4) is 0 Å². The van der Waals surface area contributed by atoms with E-state index in [1.165, 1.54) is 0 Å². The number of hydrogen-bond acceptors (Lipinski definition) is 5. The van der Waals surface area contributed by atoms with Crippen LogP contribution in [0.5, 0.6) is 0 Å². The summed E-state index contributed by atoms with van der Waals surface area (Å²) < 4.78 is 4.94. The molecule has 1 heterocycles. The Bertz CT molecular complexity index is 537. The number of H-pyrrole nitrogens is 1. The van der Waals surface area contributed by atoms with Gasteiger partial charge in [-0.25, -0.2) is 4.79 Å². The first kappa shape index (κ1) is 11.1. The number of rotatable bonds is 5. The molecular formula is C10H10N4O3. The summed E-state index contributed by atoms with van der Waals surface area (Å²) in [4.78, 5) is 21.5. The number of nitrogens with one attached hydrogen (secondary N) is 2. The van der Waals surface area contributed by atoms with E-state index in [9.17, 15) is 9.59 Å². The lowest BCUT2D eigenvalue weighted by atomic mass is 10.2. The van der Waals surface area contributed by atoms with Crippen LogP contribution < -0.4 is 5.32 Å². The van der Waals surface area contributed by atoms with E-state index in [1.54, 1.807) is 18.2 Å². The van der Waals surface area contributed by atoms with E-state index >= 15 is 0 Å². The van der Waals surface area contributed by atoms with Gasteiger partial charge in [0.2, 0.25) is 6.41 Å². The lowest BCUT2D eigenvalue weighted by molar-refractivity contribution is -0.109. The molecule has 1 aromatic carbocycles. The number of nitrogens with zero attached hydrogens (tertiary/aromatic N) is 2. The Morgan fingerprint density at radius 2 is 2.24 bits per heavy atom. The van der Waals surface area contributed by atoms with Crippen LogP contribution in [0.15, 0.2) is 18.2 Å². The van der Waals surface area contributed by atoms with Gasteiger partial charge in [0.25, 0.3) is 0 Å². The first-order chi connectivity index (χ1) is 8.31. The fourth-order valence-electron chi connectivity index (χ4n) is 1.31. The van der Waals surface area contributed by atoms with E-state index in [4.69, 9.17) is 4.74 Å². The summed E-state index contributed by atoms with van der Waals surface area (Å²) in [6.07, 6.45) is 0.551. The number of aromatic nitrogens is 3. The summed E-state index contributed by atoms with van der Waals surface area (Å²) in [7, 11) is 0. The van der Waals surface area contributed by atoms with Crippen LogP contribution in [0.3, 0.4) is 0 Å². The number of aromatic amines is 1. The lowest BCUT2D eigenvalue weighted by Gasteiger charge is -2.03. The van der Waals surface area contributed by atoms with Gasteiger partial charge in [-0.1, -0.05) is 0 Å². The SMILES string of the molecule is O=CNCCOC(=O)c1ccc2n[nH]nc2c1. The molecule has 0 aliphatic rings. The van der Waals surface area contributed by atoms with Crippen molar-refractivity contribution in [2.24, 2.45) is 0 Å². The van der Waals surface area contributed by atoms with Crippen molar-refractivity contribution < 1.29 is 14.3 Å². The lowest BCUT2D eigenvalue weighted by Crippen LogP contribution is -2.19. The fraction of sp³-hybridized carbons (Fsp3) is 0.200. The Labute approximate surface area is 96.1 Å². The molecule has 1 amide bonds. The quantitative estimate of drug-likeness (QED) is 0.426. The highest BCUT2D eigenvalue weighted by atomic mass is 16.5. The predicted octanol–water partition coefficient (Wildman–Crippen LogP) is -0.139. The third-order valence-electron chi connectivity index (χ3n) is 2.11. The highest BCUT2D eigenvalue weighted by Gasteiger charge is 2.08. The van der Waals surface area contributed by atoms with Crippen molar-refractivity contribution in [3.05, 3.63) is 23.8 Å². The van der Waals surface area contributed by atoms with Gasteiger partial charge in [-0.2, -0.15) is 15.4 Å². The highest BCUT2D eigenvalue weighted by molar-refractivity contribution is 5.93. The van der Waals surface area contributed by atoms with Gasteiger partial charge >= 0.3 is 5.97 Å². The van der Waals surface area contributed by atoms with Crippen LogP contribution in [0.25, 0.3) is 11.0 Å². The zero-order valence-corrected chi connectivity index (χ0v) is 8.84. The van der Waals surface area contributed by atoms with Gasteiger partial charge in [0.05, 0.1) is 12.1 Å². The fourth-order valence-corrected chi connectivity index (χ4v) is 1.31. The van der Waals surface area contributed by atoms with E-state index in [0.717, 1.165) is 0 Å². The molecule has 2 N–H and O–H groups in total. The average Bonchev–Trinajstić information content (AvgIpc) is 2.81. The Morgan fingerprint density at radius 1 is 1.41 bits per heavy atom. The van der Waals surface area contributed by atoms with Gasteiger partial charge in [-0.3, -0.25) is 4.79 Å². The van der Waals surface area contributed by atoms with Crippen molar-refractivity contribution in [2.45, 2.75) is 0 Å². The molecule has 0 radical (unpaired) electrons. The second kappa shape index (κ2) is 5.06. The number of fused-ring (bicyclic) bond motifs is 1. The van der Waals surface area contributed by atoms with E-state index < -0.39 is 5.97 Å². The largest absolute Gasteiger partial charge is 0.460 e. The summed E-state index contributed by atoms with van der Waals surface area (Å²) in [6, 6.07) is 4.88. The van der Waals surface area contributed by atoms with E-state index in [1.807, 2.05) is 0 Å². The molecule has 7 nitrogen and oxygen atoms in total. The second-order valence-electron chi connectivity index (χ2n) is 3.23. The predicted molar refractivity (Wildman–Crippen MR) is 58.2 cm³/mol. The molecule has 0 aliphatic heterocycles. The molecule has 1 aromatic heterocycles. The van der Waals surface area contributed by atoms with Crippen molar-refractivity contribution in [3.63, 3.8) is 0 Å². The number of amides is 1. The molecule has 0 saturated carbocycles. The molecule has 0 aliphatic carbocycles. The minimum Gasteiger partial charge on any atom is -0.460 e. The number of ether oxygens (including phenoxy) is 1. The maximum atomic E-state index is 11.6. The number of benzene rings is 1. The molecule has 2 rings (SSSR count). The third-order valence-corrected chi connectivity index (χ3v) is 2.11. The van der Waals surface area contributed by atoms with Crippen LogP contribution in [-0.4, -0.2) is 40.9 Å². The maximum absolute atomic E-state index is 11.6. The Hall–Kier alpha value is -2.44. The molecule has 88 valence electrons. The van der Waals surface area contributed by atoms with E-state index in [0.29, 0.717) is 29.6 Å². The van der Waals surface area contributed by atoms with Crippen LogP contribution in [0, 0.1) is 0 Å². The van der Waals surface area contributed by atoms with E-state index in [-0.39, 0.29) is 6.61 Å². The number of carbonyl (C=O) groups is 2. The minimum atomic E-state index is -0.456. The molecular weight excluding hydrogens is 224 g/mol. The monoisotopic (exact) mass is 234 g/mol. The average molecular weight is 234 g/mol. The van der Waals surface area contributed by atoms with Gasteiger partial charge in [-0.05, 0) is 18.2 Å². The zero-order valence-electron chi connectivity index (χ0n) is 8.84.